The molecule has 1 aliphatic rings. The van der Waals surface area contributed by atoms with Crippen LogP contribution in [0.5, 0.6) is 0 Å². The lowest BCUT2D eigenvalue weighted by Crippen LogP contribution is -2.24. The molecule has 20 heavy (non-hydrogen) atoms. The van der Waals surface area contributed by atoms with E-state index in [-0.39, 0.29) is 11.9 Å². The van der Waals surface area contributed by atoms with Gasteiger partial charge in [0.2, 0.25) is 0 Å². The molecule has 3 rings (SSSR count). The number of rotatable bonds is 3. The topological polar surface area (TPSA) is 12.0 Å². The van der Waals surface area contributed by atoms with Gasteiger partial charge < -0.3 is 5.32 Å². The zero-order valence-corrected chi connectivity index (χ0v) is 13.3. The third-order valence-corrected chi connectivity index (χ3v) is 5.13. The Labute approximate surface area is 131 Å². The highest BCUT2D eigenvalue weighted by Crippen LogP contribution is 2.36. The van der Waals surface area contributed by atoms with E-state index in [2.05, 4.69) is 33.4 Å². The van der Waals surface area contributed by atoms with Crippen molar-refractivity contribution in [3.63, 3.8) is 0 Å². The molecule has 2 aromatic carbocycles. The van der Waals surface area contributed by atoms with Gasteiger partial charge in [-0.2, -0.15) is 0 Å². The largest absolute Gasteiger partial charge is 0.306 e. The molecule has 0 amide bonds. The summed E-state index contributed by atoms with van der Waals surface area (Å²) in [4.78, 5) is 1.20. The minimum Gasteiger partial charge on any atom is -0.306 e. The number of benzene rings is 2. The number of fused-ring (bicyclic) bond motifs is 1. The molecule has 1 nitrogen and oxygen atoms in total. The van der Waals surface area contributed by atoms with Crippen LogP contribution in [0.25, 0.3) is 0 Å². The molecule has 0 aliphatic carbocycles. The molecule has 1 unspecified atom stereocenters. The number of halogens is 2. The van der Waals surface area contributed by atoms with Crippen LogP contribution in [0.15, 0.2) is 51.8 Å². The van der Waals surface area contributed by atoms with Gasteiger partial charge in [-0.1, -0.05) is 28.1 Å². The van der Waals surface area contributed by atoms with E-state index >= 15 is 0 Å². The maximum Gasteiger partial charge on any atom is 0.123 e. The maximum atomic E-state index is 13.4. The van der Waals surface area contributed by atoms with Crippen LogP contribution >= 0.6 is 27.7 Å². The average Bonchev–Trinajstić information content (AvgIpc) is 2.47. The van der Waals surface area contributed by atoms with E-state index in [0.717, 1.165) is 28.8 Å². The summed E-state index contributed by atoms with van der Waals surface area (Å²) >= 11 is 5.25. The minimum atomic E-state index is -0.151. The van der Waals surface area contributed by atoms with Crippen LogP contribution in [0.3, 0.4) is 0 Å². The summed E-state index contributed by atoms with van der Waals surface area (Å²) in [5, 5.41) is 3.55. The molecule has 0 fully saturated rings. The molecule has 1 atom stereocenters. The van der Waals surface area contributed by atoms with Crippen LogP contribution in [-0.2, 0) is 6.54 Å². The van der Waals surface area contributed by atoms with Crippen LogP contribution in [-0.4, -0.2) is 5.75 Å². The summed E-state index contributed by atoms with van der Waals surface area (Å²) < 4.78 is 14.5. The number of thioether (sulfide) groups is 1. The summed E-state index contributed by atoms with van der Waals surface area (Å²) in [6.45, 7) is 0.804. The fraction of sp³-hybridized carbons (Fsp3) is 0.250. The molecule has 0 spiro atoms. The zero-order chi connectivity index (χ0) is 13.9. The van der Waals surface area contributed by atoms with E-state index in [9.17, 15) is 4.39 Å². The lowest BCUT2D eigenvalue weighted by molar-refractivity contribution is 0.504. The first kappa shape index (κ1) is 14.1. The first-order valence-electron chi connectivity index (χ1n) is 6.62. The molecule has 0 radical (unpaired) electrons. The molecule has 0 saturated heterocycles. The molecular weight excluding hydrogens is 337 g/mol. The van der Waals surface area contributed by atoms with Crippen molar-refractivity contribution in [3.8, 4) is 0 Å². The molecule has 1 aliphatic heterocycles. The third-order valence-electron chi connectivity index (χ3n) is 3.48. The Morgan fingerprint density at radius 1 is 1.20 bits per heavy atom. The summed E-state index contributed by atoms with van der Waals surface area (Å²) in [5.41, 5.74) is 2.34. The standard InChI is InChI=1S/C16H15BrFNS/c17-12-3-1-11(2-4-12)10-19-15-7-8-20-16-6-5-13(18)9-14(15)16/h1-6,9,15,19H,7-8,10H2. The van der Waals surface area contributed by atoms with Crippen molar-refractivity contribution in [3.05, 3.63) is 63.9 Å². The monoisotopic (exact) mass is 351 g/mol. The maximum absolute atomic E-state index is 13.4. The fourth-order valence-electron chi connectivity index (χ4n) is 2.42. The van der Waals surface area contributed by atoms with Crippen LogP contribution in [0, 0.1) is 5.82 Å². The zero-order valence-electron chi connectivity index (χ0n) is 10.9. The highest BCUT2D eigenvalue weighted by atomic mass is 79.9. The Hall–Kier alpha value is -0.840. The smallest absolute Gasteiger partial charge is 0.123 e. The number of hydrogen-bond donors (Lipinski definition) is 1. The van der Waals surface area contributed by atoms with Crippen LogP contribution < -0.4 is 5.32 Å². The lowest BCUT2D eigenvalue weighted by Gasteiger charge is -2.26. The normalized spacial score (nSPS) is 17.8. The van der Waals surface area contributed by atoms with E-state index < -0.39 is 0 Å². The Morgan fingerprint density at radius 2 is 2.00 bits per heavy atom. The van der Waals surface area contributed by atoms with E-state index in [0.29, 0.717) is 0 Å². The van der Waals surface area contributed by atoms with Crippen molar-refractivity contribution in [1.82, 2.24) is 5.32 Å². The SMILES string of the molecule is Fc1ccc2c(c1)C(NCc1ccc(Br)cc1)CCS2. The van der Waals surface area contributed by atoms with E-state index in [1.165, 1.54) is 10.5 Å². The minimum absolute atomic E-state index is 0.151. The second-order valence-electron chi connectivity index (χ2n) is 4.88. The van der Waals surface area contributed by atoms with Crippen molar-refractivity contribution in [1.29, 1.82) is 0 Å². The molecule has 104 valence electrons. The summed E-state index contributed by atoms with van der Waals surface area (Å²) in [5.74, 6) is 0.929. The van der Waals surface area contributed by atoms with Gasteiger partial charge in [-0.3, -0.25) is 0 Å². The molecule has 0 saturated carbocycles. The van der Waals surface area contributed by atoms with Gasteiger partial charge in [0.25, 0.3) is 0 Å². The molecule has 2 aromatic rings. The van der Waals surface area contributed by atoms with Crippen LogP contribution in [0.2, 0.25) is 0 Å². The summed E-state index contributed by atoms with van der Waals surface area (Å²) in [6.07, 6.45) is 1.04. The van der Waals surface area contributed by atoms with Crippen molar-refractivity contribution >= 4 is 27.7 Å². The first-order chi connectivity index (χ1) is 9.72. The van der Waals surface area contributed by atoms with Gasteiger partial charge >= 0.3 is 0 Å². The van der Waals surface area contributed by atoms with Gasteiger partial charge in [0.15, 0.2) is 0 Å². The fourth-order valence-corrected chi connectivity index (χ4v) is 3.79. The second-order valence-corrected chi connectivity index (χ2v) is 6.93. The van der Waals surface area contributed by atoms with Crippen LogP contribution in [0.4, 0.5) is 4.39 Å². The van der Waals surface area contributed by atoms with Crippen molar-refractivity contribution in [2.45, 2.75) is 23.9 Å². The van der Waals surface area contributed by atoms with E-state index in [4.69, 9.17) is 0 Å². The molecule has 4 heteroatoms. The molecular formula is C16H15BrFNS. The molecule has 1 N–H and O–H groups in total. The molecule has 0 bridgehead atoms. The first-order valence-corrected chi connectivity index (χ1v) is 8.40. The molecule has 0 aromatic heterocycles. The van der Waals surface area contributed by atoms with Gasteiger partial charge in [-0.15, -0.1) is 11.8 Å². The summed E-state index contributed by atoms with van der Waals surface area (Å²) in [7, 11) is 0. The van der Waals surface area contributed by atoms with Gasteiger partial charge in [0.05, 0.1) is 0 Å². The Bertz CT molecular complexity index is 600. The Balaban J connectivity index is 1.73. The van der Waals surface area contributed by atoms with E-state index in [1.54, 1.807) is 12.1 Å². The quantitative estimate of drug-likeness (QED) is 0.842. The third kappa shape index (κ3) is 3.25. The lowest BCUT2D eigenvalue weighted by atomic mass is 10.0. The van der Waals surface area contributed by atoms with Gasteiger partial charge in [0.1, 0.15) is 5.82 Å². The van der Waals surface area contributed by atoms with Crippen molar-refractivity contribution < 1.29 is 4.39 Å². The van der Waals surface area contributed by atoms with Gasteiger partial charge in [-0.25, -0.2) is 4.39 Å². The predicted octanol–water partition coefficient (Wildman–Crippen LogP) is 4.91. The number of nitrogens with one attached hydrogen (secondary N) is 1. The predicted molar refractivity (Wildman–Crippen MR) is 85.5 cm³/mol. The Kier molecular flexibility index (Phi) is 4.44. The second kappa shape index (κ2) is 6.29. The average molecular weight is 352 g/mol. The van der Waals surface area contributed by atoms with Crippen molar-refractivity contribution in [2.75, 3.05) is 5.75 Å². The van der Waals surface area contributed by atoms with Gasteiger partial charge in [-0.05, 0) is 53.6 Å². The van der Waals surface area contributed by atoms with E-state index in [1.807, 2.05) is 30.0 Å². The highest BCUT2D eigenvalue weighted by Gasteiger charge is 2.20. The van der Waals surface area contributed by atoms with Gasteiger partial charge in [0, 0.05) is 22.0 Å². The number of hydrogen-bond acceptors (Lipinski definition) is 2. The van der Waals surface area contributed by atoms with Crippen molar-refractivity contribution in [2.24, 2.45) is 0 Å². The highest BCUT2D eigenvalue weighted by molar-refractivity contribution is 9.10. The molecule has 1 heterocycles. The Morgan fingerprint density at radius 3 is 2.80 bits per heavy atom. The van der Waals surface area contributed by atoms with Crippen LogP contribution in [0.1, 0.15) is 23.6 Å². The summed E-state index contributed by atoms with van der Waals surface area (Å²) in [6, 6.07) is 13.6.